The van der Waals surface area contributed by atoms with Crippen molar-refractivity contribution >= 4 is 0 Å². The molecule has 5 nitrogen and oxygen atoms in total. The van der Waals surface area contributed by atoms with Crippen molar-refractivity contribution in [3.8, 4) is 0 Å². The van der Waals surface area contributed by atoms with E-state index in [0.29, 0.717) is 24.4 Å². The molecule has 0 fully saturated rings. The molecule has 0 amide bonds. The second kappa shape index (κ2) is 6.71. The monoisotopic (exact) mass is 241 g/mol. The van der Waals surface area contributed by atoms with Gasteiger partial charge >= 0.3 is 0 Å². The van der Waals surface area contributed by atoms with E-state index in [1.165, 1.54) is 0 Å². The van der Waals surface area contributed by atoms with Crippen LogP contribution in [0.5, 0.6) is 0 Å². The SMILES string of the molecule is Cc1nnc(CCCN(CC(C)O)C(C)C)o1. The van der Waals surface area contributed by atoms with Gasteiger partial charge in [0.15, 0.2) is 0 Å². The fourth-order valence-corrected chi connectivity index (χ4v) is 1.77. The zero-order chi connectivity index (χ0) is 12.8. The topological polar surface area (TPSA) is 62.4 Å². The van der Waals surface area contributed by atoms with Crippen LogP contribution in [0.1, 0.15) is 39.0 Å². The van der Waals surface area contributed by atoms with Crippen molar-refractivity contribution in [2.75, 3.05) is 13.1 Å². The lowest BCUT2D eigenvalue weighted by Gasteiger charge is -2.27. The number of hydrogen-bond acceptors (Lipinski definition) is 5. The Hall–Kier alpha value is -0.940. The van der Waals surface area contributed by atoms with Crippen molar-refractivity contribution in [1.29, 1.82) is 0 Å². The van der Waals surface area contributed by atoms with Gasteiger partial charge in [-0.3, -0.25) is 4.90 Å². The third-order valence-electron chi connectivity index (χ3n) is 2.63. The van der Waals surface area contributed by atoms with Crippen molar-refractivity contribution < 1.29 is 9.52 Å². The van der Waals surface area contributed by atoms with E-state index in [1.54, 1.807) is 6.92 Å². The molecule has 0 saturated carbocycles. The maximum atomic E-state index is 9.41. The van der Waals surface area contributed by atoms with Crippen molar-refractivity contribution in [3.63, 3.8) is 0 Å². The molecule has 98 valence electrons. The Balaban J connectivity index is 2.31. The molecule has 1 heterocycles. The van der Waals surface area contributed by atoms with Gasteiger partial charge in [0, 0.05) is 25.9 Å². The van der Waals surface area contributed by atoms with Crippen LogP contribution in [0.3, 0.4) is 0 Å². The molecular weight excluding hydrogens is 218 g/mol. The molecule has 0 aromatic carbocycles. The second-order valence-corrected chi connectivity index (χ2v) is 4.76. The summed E-state index contributed by atoms with van der Waals surface area (Å²) in [5, 5.41) is 17.2. The van der Waals surface area contributed by atoms with E-state index >= 15 is 0 Å². The summed E-state index contributed by atoms with van der Waals surface area (Å²) in [6.07, 6.45) is 1.47. The first-order valence-corrected chi connectivity index (χ1v) is 6.20. The highest BCUT2D eigenvalue weighted by Gasteiger charge is 2.12. The highest BCUT2D eigenvalue weighted by atomic mass is 16.4. The molecule has 1 aromatic heterocycles. The lowest BCUT2D eigenvalue weighted by atomic mass is 10.2. The van der Waals surface area contributed by atoms with Gasteiger partial charge in [0.1, 0.15) is 0 Å². The van der Waals surface area contributed by atoms with Crippen LogP contribution in [0.15, 0.2) is 4.42 Å². The summed E-state index contributed by atoms with van der Waals surface area (Å²) in [6, 6.07) is 0.439. The van der Waals surface area contributed by atoms with Crippen LogP contribution in [-0.4, -0.2) is 45.4 Å². The first-order chi connectivity index (χ1) is 7.99. The molecule has 1 rings (SSSR count). The summed E-state index contributed by atoms with van der Waals surface area (Å²) < 4.78 is 5.32. The number of aliphatic hydroxyl groups excluding tert-OH is 1. The smallest absolute Gasteiger partial charge is 0.216 e. The van der Waals surface area contributed by atoms with E-state index in [2.05, 4.69) is 28.9 Å². The maximum Gasteiger partial charge on any atom is 0.216 e. The minimum atomic E-state index is -0.289. The average Bonchev–Trinajstić information content (AvgIpc) is 2.62. The molecule has 1 aromatic rings. The Morgan fingerprint density at radius 1 is 1.29 bits per heavy atom. The van der Waals surface area contributed by atoms with Crippen LogP contribution < -0.4 is 0 Å². The third-order valence-corrected chi connectivity index (χ3v) is 2.63. The van der Waals surface area contributed by atoms with Gasteiger partial charge in [-0.05, 0) is 33.7 Å². The van der Waals surface area contributed by atoms with Crippen molar-refractivity contribution in [2.45, 2.75) is 52.7 Å². The molecule has 17 heavy (non-hydrogen) atoms. The van der Waals surface area contributed by atoms with E-state index in [9.17, 15) is 5.11 Å². The molecule has 1 N–H and O–H groups in total. The van der Waals surface area contributed by atoms with E-state index < -0.39 is 0 Å². The lowest BCUT2D eigenvalue weighted by Crippen LogP contribution is -2.37. The largest absolute Gasteiger partial charge is 0.426 e. The number of aryl methyl sites for hydroxylation is 2. The van der Waals surface area contributed by atoms with Crippen molar-refractivity contribution in [2.24, 2.45) is 0 Å². The quantitative estimate of drug-likeness (QED) is 0.782. The molecule has 1 unspecified atom stereocenters. The second-order valence-electron chi connectivity index (χ2n) is 4.76. The molecule has 0 spiro atoms. The van der Waals surface area contributed by atoms with Gasteiger partial charge in [0.2, 0.25) is 11.8 Å². The van der Waals surface area contributed by atoms with Crippen LogP contribution >= 0.6 is 0 Å². The number of hydrogen-bond donors (Lipinski definition) is 1. The highest BCUT2D eigenvalue weighted by molar-refractivity contribution is 4.79. The number of nitrogens with zero attached hydrogens (tertiary/aromatic N) is 3. The molecule has 1 atom stereocenters. The fourth-order valence-electron chi connectivity index (χ4n) is 1.77. The minimum absolute atomic E-state index is 0.289. The number of rotatable bonds is 7. The summed E-state index contributed by atoms with van der Waals surface area (Å²) in [5.74, 6) is 1.31. The first-order valence-electron chi connectivity index (χ1n) is 6.20. The van der Waals surface area contributed by atoms with Gasteiger partial charge in [0.25, 0.3) is 0 Å². The Kier molecular flexibility index (Phi) is 5.58. The minimum Gasteiger partial charge on any atom is -0.426 e. The summed E-state index contributed by atoms with van der Waals surface area (Å²) in [5.41, 5.74) is 0. The zero-order valence-corrected chi connectivity index (χ0v) is 11.2. The van der Waals surface area contributed by atoms with Crippen molar-refractivity contribution in [1.82, 2.24) is 15.1 Å². The summed E-state index contributed by atoms with van der Waals surface area (Å²) in [6.45, 7) is 9.53. The van der Waals surface area contributed by atoms with E-state index in [-0.39, 0.29) is 6.10 Å². The van der Waals surface area contributed by atoms with Crippen LogP contribution in [0.25, 0.3) is 0 Å². The Morgan fingerprint density at radius 3 is 2.47 bits per heavy atom. The van der Waals surface area contributed by atoms with E-state index in [4.69, 9.17) is 4.42 Å². The lowest BCUT2D eigenvalue weighted by molar-refractivity contribution is 0.106. The number of aliphatic hydroxyl groups is 1. The molecule has 0 aliphatic carbocycles. The van der Waals surface area contributed by atoms with Gasteiger partial charge in [-0.2, -0.15) is 0 Å². The van der Waals surface area contributed by atoms with Crippen molar-refractivity contribution in [3.05, 3.63) is 11.8 Å². The average molecular weight is 241 g/mol. The maximum absolute atomic E-state index is 9.41. The molecule has 0 aliphatic rings. The third kappa shape index (κ3) is 5.28. The molecule has 5 heteroatoms. The van der Waals surface area contributed by atoms with Crippen LogP contribution in [0.4, 0.5) is 0 Å². The fraction of sp³-hybridized carbons (Fsp3) is 0.833. The van der Waals surface area contributed by atoms with Gasteiger partial charge in [-0.25, -0.2) is 0 Å². The van der Waals surface area contributed by atoms with Crippen LogP contribution in [0.2, 0.25) is 0 Å². The normalized spacial score (nSPS) is 13.6. The number of aromatic nitrogens is 2. The highest BCUT2D eigenvalue weighted by Crippen LogP contribution is 2.06. The molecule has 0 aliphatic heterocycles. The van der Waals surface area contributed by atoms with Gasteiger partial charge in [0.05, 0.1) is 6.10 Å². The predicted octanol–water partition coefficient (Wildman–Crippen LogP) is 1.40. The summed E-state index contributed by atoms with van der Waals surface area (Å²) in [7, 11) is 0. The molecule has 0 saturated heterocycles. The Morgan fingerprint density at radius 2 is 2.00 bits per heavy atom. The standard InChI is InChI=1S/C12H23N3O2/c1-9(2)15(8-10(3)16)7-5-6-12-14-13-11(4)17-12/h9-10,16H,5-8H2,1-4H3. The van der Waals surface area contributed by atoms with Gasteiger partial charge in [-0.15, -0.1) is 10.2 Å². The van der Waals surface area contributed by atoms with Crippen LogP contribution in [0, 0.1) is 6.92 Å². The van der Waals surface area contributed by atoms with Gasteiger partial charge in [-0.1, -0.05) is 0 Å². The van der Waals surface area contributed by atoms with Gasteiger partial charge < -0.3 is 9.52 Å². The first kappa shape index (κ1) is 14.1. The van der Waals surface area contributed by atoms with E-state index in [0.717, 1.165) is 19.4 Å². The molecule has 0 bridgehead atoms. The van der Waals surface area contributed by atoms with E-state index in [1.807, 2.05) is 6.92 Å². The summed E-state index contributed by atoms with van der Waals surface area (Å²) >= 11 is 0. The van der Waals surface area contributed by atoms with Crippen LogP contribution in [-0.2, 0) is 6.42 Å². The molecular formula is C12H23N3O2. The summed E-state index contributed by atoms with van der Waals surface area (Å²) in [4.78, 5) is 2.26. The predicted molar refractivity (Wildman–Crippen MR) is 65.7 cm³/mol. The zero-order valence-electron chi connectivity index (χ0n) is 11.2. The molecule has 0 radical (unpaired) electrons. The Labute approximate surface area is 103 Å². The Bertz CT molecular complexity index is 323.